The number of hydrogen-bond donors (Lipinski definition) is 2. The van der Waals surface area contributed by atoms with Crippen molar-refractivity contribution in [2.75, 3.05) is 14.2 Å². The van der Waals surface area contributed by atoms with Crippen molar-refractivity contribution in [2.45, 2.75) is 6.54 Å². The molecule has 0 aliphatic heterocycles. The molecular weight excluding hydrogens is 238 g/mol. The van der Waals surface area contributed by atoms with Crippen LogP contribution in [0.1, 0.15) is 0 Å². The van der Waals surface area contributed by atoms with Crippen LogP contribution in [0.2, 0.25) is 0 Å². The van der Waals surface area contributed by atoms with Crippen LogP contribution in [0.3, 0.4) is 0 Å². The number of aromatic amines is 1. The number of fused-ring (bicyclic) bond motifs is 1. The molecule has 1 aromatic heterocycles. The Morgan fingerprint density at radius 3 is 3.00 bits per heavy atom. The summed E-state index contributed by atoms with van der Waals surface area (Å²) in [6, 6.07) is 5.58. The number of aromatic nitrogens is 2. The van der Waals surface area contributed by atoms with Gasteiger partial charge in [0.25, 0.3) is 0 Å². The first kappa shape index (κ1) is 11.7. The van der Waals surface area contributed by atoms with Crippen LogP contribution in [0, 0.1) is 4.77 Å². The molecule has 2 N–H and O–H groups in total. The topological polar surface area (TPSA) is 59.0 Å². The molecule has 2 aromatic rings. The largest absolute Gasteiger partial charge is 0.497 e. The summed E-state index contributed by atoms with van der Waals surface area (Å²) < 4.78 is 7.42. The SMILES string of the molecule is CNC(=O)Cn1c(=S)[nH]c2ccc(OC)cc21. The summed E-state index contributed by atoms with van der Waals surface area (Å²) in [4.78, 5) is 14.5. The average Bonchev–Trinajstić information content (AvgIpc) is 2.65. The van der Waals surface area contributed by atoms with Gasteiger partial charge in [0.2, 0.25) is 5.91 Å². The van der Waals surface area contributed by atoms with E-state index < -0.39 is 0 Å². The van der Waals surface area contributed by atoms with E-state index in [1.165, 1.54) is 0 Å². The first-order valence-electron chi connectivity index (χ1n) is 5.13. The third-order valence-electron chi connectivity index (χ3n) is 2.56. The number of carbonyl (C=O) groups excluding carboxylic acids is 1. The zero-order valence-electron chi connectivity index (χ0n) is 9.61. The number of benzene rings is 1. The van der Waals surface area contributed by atoms with Gasteiger partial charge in [-0.25, -0.2) is 0 Å². The van der Waals surface area contributed by atoms with Crippen LogP contribution >= 0.6 is 12.2 Å². The van der Waals surface area contributed by atoms with Crippen LogP contribution < -0.4 is 10.1 Å². The molecule has 0 bridgehead atoms. The van der Waals surface area contributed by atoms with Gasteiger partial charge in [0.15, 0.2) is 4.77 Å². The highest BCUT2D eigenvalue weighted by atomic mass is 32.1. The first-order chi connectivity index (χ1) is 8.15. The van der Waals surface area contributed by atoms with Gasteiger partial charge in [0.05, 0.1) is 18.1 Å². The molecule has 5 nitrogen and oxygen atoms in total. The number of nitrogens with zero attached hydrogens (tertiary/aromatic N) is 1. The molecular formula is C11H13N3O2S. The van der Waals surface area contributed by atoms with Gasteiger partial charge < -0.3 is 19.6 Å². The lowest BCUT2D eigenvalue weighted by atomic mass is 10.3. The van der Waals surface area contributed by atoms with E-state index in [0.717, 1.165) is 16.8 Å². The summed E-state index contributed by atoms with van der Waals surface area (Å²) in [6.45, 7) is 0.197. The van der Waals surface area contributed by atoms with Crippen molar-refractivity contribution in [3.63, 3.8) is 0 Å². The molecule has 17 heavy (non-hydrogen) atoms. The van der Waals surface area contributed by atoms with Crippen molar-refractivity contribution in [1.29, 1.82) is 0 Å². The standard InChI is InChI=1S/C11H13N3O2S/c1-12-10(15)6-14-9-5-7(16-2)3-4-8(9)13-11(14)17/h3-5H,6H2,1-2H3,(H,12,15)(H,13,17). The van der Waals surface area contributed by atoms with Crippen molar-refractivity contribution in [1.82, 2.24) is 14.9 Å². The van der Waals surface area contributed by atoms with E-state index in [-0.39, 0.29) is 12.5 Å². The molecule has 0 aliphatic carbocycles. The fraction of sp³-hybridized carbons (Fsp3) is 0.273. The second-order valence-corrected chi connectivity index (χ2v) is 3.96. The molecule has 6 heteroatoms. The zero-order valence-corrected chi connectivity index (χ0v) is 10.4. The van der Waals surface area contributed by atoms with Gasteiger partial charge in [-0.1, -0.05) is 0 Å². The summed E-state index contributed by atoms with van der Waals surface area (Å²) in [6.07, 6.45) is 0. The highest BCUT2D eigenvalue weighted by Crippen LogP contribution is 2.20. The average molecular weight is 251 g/mol. The van der Waals surface area contributed by atoms with Crippen molar-refractivity contribution < 1.29 is 9.53 Å². The number of likely N-dealkylation sites (N-methyl/N-ethyl adjacent to an activating group) is 1. The maximum absolute atomic E-state index is 11.4. The number of rotatable bonds is 3. The Morgan fingerprint density at radius 1 is 1.59 bits per heavy atom. The number of hydrogen-bond acceptors (Lipinski definition) is 3. The summed E-state index contributed by atoms with van der Waals surface area (Å²) in [5.74, 6) is 0.641. The molecule has 0 saturated heterocycles. The van der Waals surface area contributed by atoms with Crippen LogP contribution in [0.5, 0.6) is 5.75 Å². The lowest BCUT2D eigenvalue weighted by Crippen LogP contribution is -2.23. The zero-order chi connectivity index (χ0) is 12.4. The molecule has 1 amide bonds. The van der Waals surface area contributed by atoms with Crippen LogP contribution in [0.4, 0.5) is 0 Å². The number of carbonyl (C=O) groups is 1. The summed E-state index contributed by atoms with van der Waals surface area (Å²) in [5.41, 5.74) is 1.75. The number of amides is 1. The van der Waals surface area contributed by atoms with E-state index in [0.29, 0.717) is 4.77 Å². The molecule has 0 atom stereocenters. The van der Waals surface area contributed by atoms with Gasteiger partial charge in [-0.3, -0.25) is 4.79 Å². The molecule has 0 spiro atoms. The molecule has 1 aromatic carbocycles. The van der Waals surface area contributed by atoms with E-state index in [4.69, 9.17) is 17.0 Å². The minimum atomic E-state index is -0.0928. The molecule has 0 saturated carbocycles. The quantitative estimate of drug-likeness (QED) is 0.812. The van der Waals surface area contributed by atoms with Gasteiger partial charge in [-0.15, -0.1) is 0 Å². The Kier molecular flexibility index (Phi) is 3.14. The highest BCUT2D eigenvalue weighted by molar-refractivity contribution is 7.71. The van der Waals surface area contributed by atoms with Crippen molar-refractivity contribution in [3.8, 4) is 5.75 Å². The van der Waals surface area contributed by atoms with Crippen LogP contribution in [-0.2, 0) is 11.3 Å². The van der Waals surface area contributed by atoms with Crippen LogP contribution in [0.15, 0.2) is 18.2 Å². The number of ether oxygens (including phenoxy) is 1. The lowest BCUT2D eigenvalue weighted by molar-refractivity contribution is -0.121. The minimum Gasteiger partial charge on any atom is -0.497 e. The van der Waals surface area contributed by atoms with Gasteiger partial charge >= 0.3 is 0 Å². The van der Waals surface area contributed by atoms with Crippen molar-refractivity contribution in [2.24, 2.45) is 0 Å². The second kappa shape index (κ2) is 4.58. The first-order valence-corrected chi connectivity index (χ1v) is 5.53. The Balaban J connectivity index is 2.56. The molecule has 0 radical (unpaired) electrons. The van der Waals surface area contributed by atoms with Gasteiger partial charge in [0.1, 0.15) is 12.3 Å². The van der Waals surface area contributed by atoms with Crippen molar-refractivity contribution >= 4 is 29.2 Å². The summed E-state index contributed by atoms with van der Waals surface area (Å²) in [7, 11) is 3.20. The monoisotopic (exact) mass is 251 g/mol. The Bertz CT molecular complexity index is 615. The Morgan fingerprint density at radius 2 is 2.35 bits per heavy atom. The summed E-state index contributed by atoms with van der Waals surface area (Å²) >= 11 is 5.19. The summed E-state index contributed by atoms with van der Waals surface area (Å²) in [5, 5.41) is 2.57. The van der Waals surface area contributed by atoms with E-state index in [9.17, 15) is 4.79 Å². The van der Waals surface area contributed by atoms with Gasteiger partial charge in [-0.05, 0) is 24.4 Å². The maximum Gasteiger partial charge on any atom is 0.239 e. The van der Waals surface area contributed by atoms with E-state index in [1.54, 1.807) is 18.7 Å². The molecule has 0 aliphatic rings. The predicted molar refractivity (Wildman–Crippen MR) is 67.7 cm³/mol. The number of nitrogens with one attached hydrogen (secondary N) is 2. The molecule has 0 unspecified atom stereocenters. The normalized spacial score (nSPS) is 10.5. The fourth-order valence-corrected chi connectivity index (χ4v) is 1.91. The predicted octanol–water partition coefficient (Wildman–Crippen LogP) is 1.45. The number of H-pyrrole nitrogens is 1. The van der Waals surface area contributed by atoms with Gasteiger partial charge in [0, 0.05) is 13.1 Å². The van der Waals surface area contributed by atoms with Crippen LogP contribution in [-0.4, -0.2) is 29.6 Å². The molecule has 2 rings (SSSR count). The second-order valence-electron chi connectivity index (χ2n) is 3.57. The van der Waals surface area contributed by atoms with E-state index >= 15 is 0 Å². The minimum absolute atomic E-state index is 0.0928. The Hall–Kier alpha value is -1.82. The smallest absolute Gasteiger partial charge is 0.239 e. The van der Waals surface area contributed by atoms with Crippen molar-refractivity contribution in [3.05, 3.63) is 23.0 Å². The fourth-order valence-electron chi connectivity index (χ4n) is 1.64. The lowest BCUT2D eigenvalue weighted by Gasteiger charge is -2.04. The Labute approximate surface area is 103 Å². The van der Waals surface area contributed by atoms with E-state index in [1.807, 2.05) is 18.2 Å². The van der Waals surface area contributed by atoms with Gasteiger partial charge in [-0.2, -0.15) is 0 Å². The third kappa shape index (κ3) is 2.16. The third-order valence-corrected chi connectivity index (χ3v) is 2.89. The molecule has 1 heterocycles. The van der Waals surface area contributed by atoms with Crippen LogP contribution in [0.25, 0.3) is 11.0 Å². The maximum atomic E-state index is 11.4. The number of methoxy groups -OCH3 is 1. The highest BCUT2D eigenvalue weighted by Gasteiger charge is 2.08. The number of imidazole rings is 1. The van der Waals surface area contributed by atoms with E-state index in [2.05, 4.69) is 10.3 Å². The molecule has 0 fully saturated rings. The molecule has 90 valence electrons.